The van der Waals surface area contributed by atoms with Crippen molar-refractivity contribution in [2.45, 2.75) is 45.1 Å². The lowest BCUT2D eigenvalue weighted by Gasteiger charge is -2.31. The van der Waals surface area contributed by atoms with Gasteiger partial charge in [-0.1, -0.05) is 0 Å². The third-order valence-electron chi connectivity index (χ3n) is 7.14. The number of H-pyrrole nitrogens is 1. The molecule has 3 aromatic rings. The number of hydrogen-bond acceptors (Lipinski definition) is 6. The number of primary amides is 1. The molecule has 3 N–H and O–H groups in total. The van der Waals surface area contributed by atoms with Crippen LogP contribution in [0.15, 0.2) is 23.7 Å². The van der Waals surface area contributed by atoms with E-state index in [1.165, 1.54) is 12.8 Å². The number of hydrogen-bond donors (Lipinski definition) is 2. The molecule has 0 atom stereocenters. The second-order valence-electron chi connectivity index (χ2n) is 9.24. The van der Waals surface area contributed by atoms with Crippen LogP contribution in [0, 0.1) is 0 Å². The molecular formula is C24H31N5O3S2. The van der Waals surface area contributed by atoms with Crippen molar-refractivity contribution in [1.82, 2.24) is 19.2 Å². The molecule has 5 rings (SSSR count). The highest BCUT2D eigenvalue weighted by atomic mass is 32.2. The van der Waals surface area contributed by atoms with Crippen LogP contribution in [-0.4, -0.2) is 65.4 Å². The van der Waals surface area contributed by atoms with Gasteiger partial charge in [0.2, 0.25) is 10.0 Å². The van der Waals surface area contributed by atoms with E-state index in [4.69, 9.17) is 10.7 Å². The smallest absolute Gasteiger partial charge is 0.250 e. The summed E-state index contributed by atoms with van der Waals surface area (Å²) >= 11 is 1.65. The van der Waals surface area contributed by atoms with Gasteiger partial charge in [-0.3, -0.25) is 9.69 Å². The fourth-order valence-electron chi connectivity index (χ4n) is 5.21. The molecule has 182 valence electrons. The highest BCUT2D eigenvalue weighted by molar-refractivity contribution is 7.89. The Balaban J connectivity index is 1.45. The van der Waals surface area contributed by atoms with Gasteiger partial charge in [-0.25, -0.2) is 17.7 Å². The van der Waals surface area contributed by atoms with E-state index in [9.17, 15) is 13.2 Å². The number of nitrogens with one attached hydrogen (secondary N) is 1. The quantitative estimate of drug-likeness (QED) is 0.514. The topological polar surface area (TPSA) is 112 Å². The number of fused-ring (bicyclic) bond motifs is 1. The molecule has 0 saturated carbocycles. The number of thiazole rings is 1. The van der Waals surface area contributed by atoms with Crippen LogP contribution in [0.3, 0.4) is 0 Å². The predicted molar refractivity (Wildman–Crippen MR) is 135 cm³/mol. The Kier molecular flexibility index (Phi) is 6.49. The maximum absolute atomic E-state index is 12.3. The van der Waals surface area contributed by atoms with Crippen LogP contribution in [0.25, 0.3) is 22.2 Å². The summed E-state index contributed by atoms with van der Waals surface area (Å²) in [5, 5.41) is 4.10. The van der Waals surface area contributed by atoms with Crippen LogP contribution in [0.1, 0.15) is 59.5 Å². The van der Waals surface area contributed by atoms with Gasteiger partial charge >= 0.3 is 0 Å². The van der Waals surface area contributed by atoms with Gasteiger partial charge in [0.05, 0.1) is 29.1 Å². The number of sulfonamides is 1. The molecule has 2 fully saturated rings. The molecule has 0 aliphatic carbocycles. The van der Waals surface area contributed by atoms with Crippen LogP contribution in [-0.2, 0) is 16.6 Å². The lowest BCUT2D eigenvalue weighted by Crippen LogP contribution is -2.38. The van der Waals surface area contributed by atoms with Crippen LogP contribution >= 0.6 is 11.3 Å². The molecule has 0 radical (unpaired) electrons. The molecule has 0 unspecified atom stereocenters. The summed E-state index contributed by atoms with van der Waals surface area (Å²) in [5.41, 5.74) is 9.81. The van der Waals surface area contributed by atoms with Gasteiger partial charge in [-0.2, -0.15) is 0 Å². The Morgan fingerprint density at radius 2 is 1.94 bits per heavy atom. The van der Waals surface area contributed by atoms with Crippen molar-refractivity contribution in [2.75, 3.05) is 31.9 Å². The first kappa shape index (κ1) is 23.5. The average molecular weight is 502 g/mol. The van der Waals surface area contributed by atoms with Crippen LogP contribution in [0.4, 0.5) is 0 Å². The third-order valence-corrected chi connectivity index (χ3v) is 9.86. The van der Waals surface area contributed by atoms with Gasteiger partial charge in [0, 0.05) is 35.6 Å². The molecule has 0 spiro atoms. The average Bonchev–Trinajstić information content (AvgIpc) is 3.60. The number of carbonyl (C=O) groups is 1. The van der Waals surface area contributed by atoms with Crippen molar-refractivity contribution >= 4 is 38.2 Å². The van der Waals surface area contributed by atoms with E-state index in [0.29, 0.717) is 18.7 Å². The van der Waals surface area contributed by atoms with E-state index in [1.807, 2.05) is 12.3 Å². The molecule has 0 bridgehead atoms. The normalized spacial score (nSPS) is 18.7. The third kappa shape index (κ3) is 4.51. The first-order chi connectivity index (χ1) is 16.4. The largest absolute Gasteiger partial charge is 0.366 e. The van der Waals surface area contributed by atoms with Crippen molar-refractivity contribution in [3.63, 3.8) is 0 Å². The van der Waals surface area contributed by atoms with Gasteiger partial charge in [0.1, 0.15) is 5.01 Å². The summed E-state index contributed by atoms with van der Waals surface area (Å²) in [5.74, 6) is -0.130. The lowest BCUT2D eigenvalue weighted by molar-refractivity contribution is 0.100. The molecule has 1 aromatic carbocycles. The first-order valence-corrected chi connectivity index (χ1v) is 14.4. The van der Waals surface area contributed by atoms with E-state index in [-0.39, 0.29) is 11.7 Å². The summed E-state index contributed by atoms with van der Waals surface area (Å²) < 4.78 is 26.1. The van der Waals surface area contributed by atoms with E-state index in [0.717, 1.165) is 65.2 Å². The number of aromatic amines is 1. The number of carbonyl (C=O) groups excluding carboxylic acids is 1. The Bertz CT molecular complexity index is 1300. The van der Waals surface area contributed by atoms with E-state index < -0.39 is 15.9 Å². The number of piperidine rings is 1. The Morgan fingerprint density at radius 3 is 2.62 bits per heavy atom. The molecule has 2 aliphatic heterocycles. The van der Waals surface area contributed by atoms with E-state index in [2.05, 4.69) is 21.3 Å². The zero-order valence-electron chi connectivity index (χ0n) is 19.4. The lowest BCUT2D eigenvalue weighted by atomic mass is 9.89. The van der Waals surface area contributed by atoms with Crippen LogP contribution in [0.2, 0.25) is 0 Å². The molecule has 2 aromatic heterocycles. The number of benzene rings is 1. The SMILES string of the molecule is CCS(=O)(=O)N1CCC(c2c[nH]c3c(C(N)=O)cc(-c4csc(CN5CCCC5)n4)cc23)CC1. The highest BCUT2D eigenvalue weighted by Crippen LogP contribution is 2.37. The van der Waals surface area contributed by atoms with Crippen LogP contribution in [0.5, 0.6) is 0 Å². The Hall–Kier alpha value is -2.27. The van der Waals surface area contributed by atoms with Gasteiger partial charge < -0.3 is 10.7 Å². The summed E-state index contributed by atoms with van der Waals surface area (Å²) in [7, 11) is -3.17. The minimum atomic E-state index is -3.17. The van der Waals surface area contributed by atoms with Gasteiger partial charge in [-0.15, -0.1) is 11.3 Å². The van der Waals surface area contributed by atoms with Crippen molar-refractivity contribution in [3.8, 4) is 11.3 Å². The number of nitrogens with zero attached hydrogens (tertiary/aromatic N) is 3. The van der Waals surface area contributed by atoms with Crippen LogP contribution < -0.4 is 5.73 Å². The molecule has 4 heterocycles. The molecule has 34 heavy (non-hydrogen) atoms. The number of amides is 1. The maximum atomic E-state index is 12.3. The minimum Gasteiger partial charge on any atom is -0.366 e. The maximum Gasteiger partial charge on any atom is 0.250 e. The second-order valence-corrected chi connectivity index (χ2v) is 12.4. The van der Waals surface area contributed by atoms with Crippen molar-refractivity contribution < 1.29 is 13.2 Å². The predicted octanol–water partition coefficient (Wildman–Crippen LogP) is 3.52. The Morgan fingerprint density at radius 1 is 1.21 bits per heavy atom. The fraction of sp³-hybridized carbons (Fsp3) is 0.500. The van der Waals surface area contributed by atoms with E-state index in [1.54, 1.807) is 22.6 Å². The number of likely N-dealkylation sites (tertiary alicyclic amines) is 1. The molecular weight excluding hydrogens is 470 g/mol. The van der Waals surface area contributed by atoms with Gasteiger partial charge in [-0.05, 0) is 69.3 Å². The zero-order chi connectivity index (χ0) is 23.9. The minimum absolute atomic E-state index is 0.128. The molecule has 2 saturated heterocycles. The second kappa shape index (κ2) is 9.41. The first-order valence-electron chi connectivity index (χ1n) is 12.0. The molecule has 2 aliphatic rings. The van der Waals surface area contributed by atoms with Gasteiger partial charge in [0.15, 0.2) is 0 Å². The van der Waals surface area contributed by atoms with Crippen molar-refractivity contribution in [3.05, 3.63) is 39.8 Å². The standard InChI is InChI=1S/C24H31N5O3S2/c1-2-34(31,32)29-9-5-16(6-10-29)20-13-26-23-18(20)11-17(12-19(23)24(25)30)21-15-33-22(27-21)14-28-7-3-4-8-28/h11-13,15-16,26H,2-10,14H2,1H3,(H2,25,30). The molecule has 8 nitrogen and oxygen atoms in total. The number of nitrogens with two attached hydrogens (primary N) is 1. The van der Waals surface area contributed by atoms with Crippen molar-refractivity contribution in [2.24, 2.45) is 5.73 Å². The fourth-order valence-corrected chi connectivity index (χ4v) is 7.19. The zero-order valence-corrected chi connectivity index (χ0v) is 21.1. The number of aromatic nitrogens is 2. The monoisotopic (exact) mass is 501 g/mol. The number of rotatable bonds is 7. The van der Waals surface area contributed by atoms with Gasteiger partial charge in [0.25, 0.3) is 5.91 Å². The summed E-state index contributed by atoms with van der Waals surface area (Å²) in [6.45, 7) is 5.83. The molecule has 10 heteroatoms. The molecule has 1 amide bonds. The summed E-state index contributed by atoms with van der Waals surface area (Å²) in [6, 6.07) is 3.92. The summed E-state index contributed by atoms with van der Waals surface area (Å²) in [4.78, 5) is 22.9. The summed E-state index contributed by atoms with van der Waals surface area (Å²) in [6.07, 6.45) is 5.94. The van der Waals surface area contributed by atoms with E-state index >= 15 is 0 Å². The Labute approximate surface area is 204 Å². The highest BCUT2D eigenvalue weighted by Gasteiger charge is 2.29. The van der Waals surface area contributed by atoms with Crippen molar-refractivity contribution in [1.29, 1.82) is 0 Å².